The number of methoxy groups -OCH3 is 1. The molecule has 1 unspecified atom stereocenters. The fraction of sp³-hybridized carbons (Fsp3) is 0.467. The highest BCUT2D eigenvalue weighted by atomic mass is 35.5. The first-order valence-corrected chi connectivity index (χ1v) is 7.36. The monoisotopic (exact) mass is 308 g/mol. The van der Waals surface area contributed by atoms with E-state index in [-0.39, 0.29) is 0 Å². The number of aryl methyl sites for hydroxylation is 1. The van der Waals surface area contributed by atoms with Gasteiger partial charge in [-0.3, -0.25) is 4.68 Å². The number of ether oxygens (including phenoxy) is 1. The summed E-state index contributed by atoms with van der Waals surface area (Å²) < 4.78 is 6.88. The first-order valence-electron chi connectivity index (χ1n) is 6.98. The summed E-state index contributed by atoms with van der Waals surface area (Å²) >= 11 is 5.97. The van der Waals surface area contributed by atoms with Gasteiger partial charge in [0.1, 0.15) is 12.2 Å². The molecule has 21 heavy (non-hydrogen) atoms. The van der Waals surface area contributed by atoms with Crippen LogP contribution in [0.5, 0.6) is 0 Å². The van der Waals surface area contributed by atoms with E-state index >= 15 is 0 Å². The van der Waals surface area contributed by atoms with Crippen molar-refractivity contribution in [3.63, 3.8) is 0 Å². The molecule has 0 spiro atoms. The molecule has 1 N–H and O–H groups in total. The number of nitrogens with zero attached hydrogens (tertiary/aromatic N) is 3. The van der Waals surface area contributed by atoms with E-state index in [0.717, 1.165) is 30.4 Å². The Kier molecular flexibility index (Phi) is 6.17. The Morgan fingerprint density at radius 2 is 2.10 bits per heavy atom. The van der Waals surface area contributed by atoms with E-state index in [9.17, 15) is 0 Å². The number of nitrogens with one attached hydrogen (secondary N) is 1. The summed E-state index contributed by atoms with van der Waals surface area (Å²) in [5.41, 5.74) is 1.24. The molecule has 1 atom stereocenters. The molecule has 0 saturated heterocycles. The van der Waals surface area contributed by atoms with Crippen LogP contribution in [0.15, 0.2) is 30.6 Å². The van der Waals surface area contributed by atoms with Crippen LogP contribution in [0.2, 0.25) is 5.02 Å². The number of aromatic nitrogens is 3. The third kappa shape index (κ3) is 4.81. The second-order valence-electron chi connectivity index (χ2n) is 4.95. The summed E-state index contributed by atoms with van der Waals surface area (Å²) in [6.07, 6.45) is 2.42. The van der Waals surface area contributed by atoms with Crippen LogP contribution in [0.25, 0.3) is 0 Å². The average Bonchev–Trinajstić information content (AvgIpc) is 2.88. The zero-order chi connectivity index (χ0) is 15.1. The van der Waals surface area contributed by atoms with Crippen molar-refractivity contribution in [1.29, 1.82) is 0 Å². The quantitative estimate of drug-likeness (QED) is 0.758. The van der Waals surface area contributed by atoms with Gasteiger partial charge in [-0.1, -0.05) is 23.7 Å². The second-order valence-corrected chi connectivity index (χ2v) is 5.39. The van der Waals surface area contributed by atoms with E-state index in [1.165, 1.54) is 5.56 Å². The normalized spacial score (nSPS) is 12.5. The van der Waals surface area contributed by atoms with E-state index in [2.05, 4.69) is 27.5 Å². The Balaban J connectivity index is 2.06. The molecule has 0 radical (unpaired) electrons. The minimum absolute atomic E-state index is 0.321. The van der Waals surface area contributed by atoms with Gasteiger partial charge in [0.25, 0.3) is 0 Å². The van der Waals surface area contributed by atoms with E-state index < -0.39 is 0 Å². The minimum Gasteiger partial charge on any atom is -0.383 e. The van der Waals surface area contributed by atoms with Crippen molar-refractivity contribution in [1.82, 2.24) is 20.1 Å². The Morgan fingerprint density at radius 1 is 1.33 bits per heavy atom. The summed E-state index contributed by atoms with van der Waals surface area (Å²) in [6.45, 7) is 2.40. The molecule has 0 amide bonds. The van der Waals surface area contributed by atoms with Gasteiger partial charge in [-0.15, -0.1) is 0 Å². The van der Waals surface area contributed by atoms with Crippen LogP contribution < -0.4 is 5.32 Å². The number of benzene rings is 1. The van der Waals surface area contributed by atoms with Crippen molar-refractivity contribution in [3.05, 3.63) is 47.0 Å². The van der Waals surface area contributed by atoms with E-state index in [0.29, 0.717) is 12.5 Å². The fourth-order valence-electron chi connectivity index (χ4n) is 2.22. The van der Waals surface area contributed by atoms with Gasteiger partial charge in [0.15, 0.2) is 0 Å². The number of hydrogen-bond acceptors (Lipinski definition) is 4. The van der Waals surface area contributed by atoms with Gasteiger partial charge in [-0.25, -0.2) is 4.98 Å². The predicted molar refractivity (Wildman–Crippen MR) is 83.6 cm³/mol. The summed E-state index contributed by atoms with van der Waals surface area (Å²) in [6, 6.07) is 7.99. The highest BCUT2D eigenvalue weighted by Crippen LogP contribution is 2.21. The van der Waals surface area contributed by atoms with Crippen LogP contribution in [-0.2, 0) is 18.2 Å². The Morgan fingerprint density at radius 3 is 2.71 bits per heavy atom. The fourth-order valence-corrected chi connectivity index (χ4v) is 2.34. The standard InChI is InChI=1S/C15H21ClN4O/c1-20-15(18-11-19-20)9-13(10-17-7-8-21-2)12-3-5-14(16)6-4-12/h3-6,11,13,17H,7-10H2,1-2H3. The van der Waals surface area contributed by atoms with Crippen molar-refractivity contribution >= 4 is 11.6 Å². The van der Waals surface area contributed by atoms with Gasteiger partial charge in [-0.05, 0) is 17.7 Å². The zero-order valence-electron chi connectivity index (χ0n) is 12.4. The smallest absolute Gasteiger partial charge is 0.138 e. The Bertz CT molecular complexity index is 541. The molecule has 1 aromatic carbocycles. The molecular weight excluding hydrogens is 288 g/mol. The molecule has 6 heteroatoms. The lowest BCUT2D eigenvalue weighted by Gasteiger charge is -2.18. The lowest BCUT2D eigenvalue weighted by atomic mass is 9.95. The minimum atomic E-state index is 0.321. The molecule has 2 aromatic rings. The number of hydrogen-bond donors (Lipinski definition) is 1. The highest BCUT2D eigenvalue weighted by Gasteiger charge is 2.15. The van der Waals surface area contributed by atoms with Crippen LogP contribution in [-0.4, -0.2) is 41.6 Å². The highest BCUT2D eigenvalue weighted by molar-refractivity contribution is 6.30. The maximum Gasteiger partial charge on any atom is 0.138 e. The third-order valence-electron chi connectivity index (χ3n) is 3.45. The number of halogens is 1. The predicted octanol–water partition coefficient (Wildman–Crippen LogP) is 2.03. The van der Waals surface area contributed by atoms with Crippen molar-refractivity contribution in [3.8, 4) is 0 Å². The molecular formula is C15H21ClN4O. The van der Waals surface area contributed by atoms with Crippen LogP contribution in [0, 0.1) is 0 Å². The van der Waals surface area contributed by atoms with Crippen molar-refractivity contribution < 1.29 is 4.74 Å². The zero-order valence-corrected chi connectivity index (χ0v) is 13.2. The van der Waals surface area contributed by atoms with Gasteiger partial charge in [0.2, 0.25) is 0 Å². The summed E-state index contributed by atoms with van der Waals surface area (Å²) in [7, 11) is 3.62. The molecule has 0 aliphatic rings. The molecule has 0 saturated carbocycles. The van der Waals surface area contributed by atoms with E-state index in [4.69, 9.17) is 16.3 Å². The summed E-state index contributed by atoms with van der Waals surface area (Å²) in [5, 5.41) is 8.30. The second kappa shape index (κ2) is 8.12. The molecule has 2 rings (SSSR count). The van der Waals surface area contributed by atoms with Gasteiger partial charge in [0, 0.05) is 44.6 Å². The first-order chi connectivity index (χ1) is 10.2. The van der Waals surface area contributed by atoms with Crippen LogP contribution in [0.4, 0.5) is 0 Å². The van der Waals surface area contributed by atoms with E-state index in [1.54, 1.807) is 13.4 Å². The van der Waals surface area contributed by atoms with Crippen LogP contribution in [0.3, 0.4) is 0 Å². The molecule has 1 heterocycles. The molecule has 0 aliphatic carbocycles. The summed E-state index contributed by atoms with van der Waals surface area (Å²) in [4.78, 5) is 4.32. The lowest BCUT2D eigenvalue weighted by Crippen LogP contribution is -2.26. The van der Waals surface area contributed by atoms with Crippen molar-refractivity contribution in [2.75, 3.05) is 26.8 Å². The molecule has 114 valence electrons. The lowest BCUT2D eigenvalue weighted by molar-refractivity contribution is 0.199. The maximum absolute atomic E-state index is 5.97. The van der Waals surface area contributed by atoms with Crippen LogP contribution in [0.1, 0.15) is 17.3 Å². The summed E-state index contributed by atoms with van der Waals surface area (Å²) in [5.74, 6) is 1.30. The van der Waals surface area contributed by atoms with Gasteiger partial charge < -0.3 is 10.1 Å². The van der Waals surface area contributed by atoms with Crippen molar-refractivity contribution in [2.24, 2.45) is 7.05 Å². The Labute approximate surface area is 130 Å². The molecule has 0 aliphatic heterocycles. The van der Waals surface area contributed by atoms with Gasteiger partial charge in [-0.2, -0.15) is 5.10 Å². The van der Waals surface area contributed by atoms with Gasteiger partial charge >= 0.3 is 0 Å². The first kappa shape index (κ1) is 15.9. The van der Waals surface area contributed by atoms with E-state index in [1.807, 2.05) is 23.9 Å². The molecule has 1 aromatic heterocycles. The Hall–Kier alpha value is -1.43. The van der Waals surface area contributed by atoms with Crippen molar-refractivity contribution in [2.45, 2.75) is 12.3 Å². The molecule has 0 fully saturated rings. The largest absolute Gasteiger partial charge is 0.383 e. The SMILES string of the molecule is COCCNCC(Cc1ncnn1C)c1ccc(Cl)cc1. The molecule has 0 bridgehead atoms. The molecule has 5 nitrogen and oxygen atoms in total. The number of rotatable bonds is 8. The topological polar surface area (TPSA) is 52.0 Å². The third-order valence-corrected chi connectivity index (χ3v) is 3.70. The van der Waals surface area contributed by atoms with Crippen LogP contribution >= 0.6 is 11.6 Å². The average molecular weight is 309 g/mol. The van der Waals surface area contributed by atoms with Gasteiger partial charge in [0.05, 0.1) is 6.61 Å². The maximum atomic E-state index is 5.97.